The molecule has 0 fully saturated rings. The molecule has 0 heterocycles. The Balaban J connectivity index is 5.73. The van der Waals surface area contributed by atoms with Crippen LogP contribution in [0.25, 0.3) is 0 Å². The van der Waals surface area contributed by atoms with Gasteiger partial charge >= 0.3 is 8.80 Å². The Morgan fingerprint density at radius 2 is 1.00 bits per heavy atom. The molecule has 0 radical (unpaired) electrons. The summed E-state index contributed by atoms with van der Waals surface area (Å²) >= 11 is 0. The summed E-state index contributed by atoms with van der Waals surface area (Å²) in [6.45, 7) is 25.6. The lowest BCUT2D eigenvalue weighted by Crippen LogP contribution is -2.58. The topological polar surface area (TPSA) is 27.7 Å². The number of hydrogen-bond acceptors (Lipinski definition) is 3. The Morgan fingerprint density at radius 3 is 1.19 bits per heavy atom. The number of hydrogen-bond donors (Lipinski definition) is 0. The van der Waals surface area contributed by atoms with Crippen LogP contribution >= 0.6 is 7.02 Å². The molecule has 21 heavy (non-hydrogen) atoms. The summed E-state index contributed by atoms with van der Waals surface area (Å²) in [7, 11) is -5.17. The van der Waals surface area contributed by atoms with E-state index >= 15 is 0 Å². The second-order valence-electron chi connectivity index (χ2n) is 7.29. The Kier molecular flexibility index (Phi) is 9.11. The predicted molar refractivity (Wildman–Crippen MR) is 104 cm³/mol. The number of rotatable bonds is 10. The molecule has 0 aliphatic rings. The molecule has 0 bridgehead atoms. The van der Waals surface area contributed by atoms with Crippen LogP contribution in [0.2, 0.25) is 39.3 Å². The van der Waals surface area contributed by atoms with Crippen molar-refractivity contribution in [1.82, 2.24) is 0 Å². The molecule has 1 unspecified atom stereocenters. The van der Waals surface area contributed by atoms with Crippen molar-refractivity contribution in [3.05, 3.63) is 0 Å². The highest BCUT2D eigenvalue weighted by Crippen LogP contribution is 2.60. The van der Waals surface area contributed by atoms with Gasteiger partial charge in [-0.2, -0.15) is 0 Å². The van der Waals surface area contributed by atoms with Gasteiger partial charge in [0.2, 0.25) is 0 Å². The van der Waals surface area contributed by atoms with Crippen LogP contribution in [0.15, 0.2) is 0 Å². The summed E-state index contributed by atoms with van der Waals surface area (Å²) in [6, 6.07) is 0. The van der Waals surface area contributed by atoms with Crippen LogP contribution in [0, 0.1) is 0 Å². The third kappa shape index (κ3) is 6.17. The van der Waals surface area contributed by atoms with E-state index in [0.717, 1.165) is 0 Å². The molecule has 0 aromatic rings. The zero-order valence-corrected chi connectivity index (χ0v) is 19.8. The maximum atomic E-state index is 6.20. The first-order valence-electron chi connectivity index (χ1n) is 8.17. The van der Waals surface area contributed by atoms with Crippen LogP contribution in [0.1, 0.15) is 27.7 Å². The maximum Gasteiger partial charge on any atom is 0.507 e. The second-order valence-corrected chi connectivity index (χ2v) is 33.2. The van der Waals surface area contributed by atoms with Gasteiger partial charge < -0.3 is 13.3 Å². The van der Waals surface area contributed by atoms with Crippen LogP contribution < -0.4 is 0 Å². The van der Waals surface area contributed by atoms with Crippen molar-refractivity contribution in [3.8, 4) is 0 Å². The van der Waals surface area contributed by atoms with Crippen molar-refractivity contribution < 1.29 is 13.3 Å². The van der Waals surface area contributed by atoms with E-state index in [1.165, 1.54) is 0 Å². The van der Waals surface area contributed by atoms with Crippen molar-refractivity contribution in [1.29, 1.82) is 0 Å². The SMILES string of the molecule is CCO[Si](OCC)(OCC)C(C)P([Si](C)(C)C)[Si](C)(C)C. The van der Waals surface area contributed by atoms with Gasteiger partial charge in [0.15, 0.2) is 0 Å². The van der Waals surface area contributed by atoms with Crippen molar-refractivity contribution >= 4 is 31.3 Å². The van der Waals surface area contributed by atoms with Gasteiger partial charge in [-0.3, -0.25) is 0 Å². The zero-order valence-electron chi connectivity index (χ0n) is 15.9. The third-order valence-corrected chi connectivity index (χ3v) is 36.5. The molecular formula is C14H37O3PSi3. The monoisotopic (exact) mass is 368 g/mol. The summed E-state index contributed by atoms with van der Waals surface area (Å²) in [5.41, 5.74) is 0. The fourth-order valence-electron chi connectivity index (χ4n) is 3.42. The lowest BCUT2D eigenvalue weighted by molar-refractivity contribution is 0.0705. The largest absolute Gasteiger partial charge is 0.507 e. The molecule has 0 saturated carbocycles. The fraction of sp³-hybridized carbons (Fsp3) is 1.00. The van der Waals surface area contributed by atoms with Crippen molar-refractivity contribution in [2.24, 2.45) is 0 Å². The Hall–Kier alpha value is 0.961. The van der Waals surface area contributed by atoms with Crippen LogP contribution in [0.3, 0.4) is 0 Å². The summed E-state index contributed by atoms with van der Waals surface area (Å²) < 4.78 is 18.6. The van der Waals surface area contributed by atoms with Gasteiger partial charge in [-0.05, 0) is 20.8 Å². The quantitative estimate of drug-likeness (QED) is 0.396. The molecule has 0 N–H and O–H groups in total. The summed E-state index contributed by atoms with van der Waals surface area (Å²) in [6.07, 6.45) is 0. The molecule has 0 aliphatic heterocycles. The van der Waals surface area contributed by atoms with Crippen molar-refractivity contribution in [2.75, 3.05) is 19.8 Å². The highest BCUT2D eigenvalue weighted by molar-refractivity contribution is 8.19. The lowest BCUT2D eigenvalue weighted by Gasteiger charge is -2.47. The average Bonchev–Trinajstić information content (AvgIpc) is 2.25. The van der Waals surface area contributed by atoms with Crippen LogP contribution in [0.4, 0.5) is 0 Å². The van der Waals surface area contributed by atoms with Crippen LogP contribution in [0.5, 0.6) is 0 Å². The van der Waals surface area contributed by atoms with Crippen LogP contribution in [-0.2, 0) is 13.3 Å². The highest BCUT2D eigenvalue weighted by Gasteiger charge is 2.55. The maximum absolute atomic E-state index is 6.20. The Bertz CT molecular complexity index is 272. The molecule has 0 rings (SSSR count). The molecule has 128 valence electrons. The molecule has 1 atom stereocenters. The average molecular weight is 369 g/mol. The Morgan fingerprint density at radius 1 is 0.714 bits per heavy atom. The molecule has 0 aromatic heterocycles. The van der Waals surface area contributed by atoms with E-state index in [9.17, 15) is 0 Å². The smallest absolute Gasteiger partial charge is 0.373 e. The minimum absolute atomic E-state index is 0.0620. The normalized spacial score (nSPS) is 15.6. The molecule has 0 saturated heterocycles. The van der Waals surface area contributed by atoms with E-state index in [0.29, 0.717) is 25.1 Å². The molecule has 0 amide bonds. The van der Waals surface area contributed by atoms with Gasteiger partial charge in [-0.25, -0.2) is 0 Å². The van der Waals surface area contributed by atoms with Gasteiger partial charge in [-0.15, -0.1) is 7.02 Å². The van der Waals surface area contributed by atoms with E-state index < -0.39 is 24.3 Å². The van der Waals surface area contributed by atoms with E-state index in [1.807, 2.05) is 0 Å². The minimum Gasteiger partial charge on any atom is -0.373 e. The van der Waals surface area contributed by atoms with Gasteiger partial charge in [0.25, 0.3) is 0 Å². The van der Waals surface area contributed by atoms with Gasteiger partial charge in [0.05, 0.1) is 15.5 Å². The molecule has 7 heteroatoms. The first kappa shape index (κ1) is 22.0. The summed E-state index contributed by atoms with van der Waals surface area (Å²) in [5.74, 6) is 0. The summed E-state index contributed by atoms with van der Waals surface area (Å²) in [4.78, 5) is 0. The second kappa shape index (κ2) is 8.71. The van der Waals surface area contributed by atoms with Crippen molar-refractivity contribution in [3.63, 3.8) is 0 Å². The highest BCUT2D eigenvalue weighted by atomic mass is 31.6. The van der Waals surface area contributed by atoms with Gasteiger partial charge in [-0.1, -0.05) is 46.2 Å². The first-order valence-corrected chi connectivity index (χ1v) is 20.1. The molecule has 0 aliphatic carbocycles. The predicted octanol–water partition coefficient (Wildman–Crippen LogP) is 5.11. The standard InChI is InChI=1S/C14H37O3PSi3/c1-11-15-21(16-12-2,17-13-3)14(4)18(19(5,6)7)20(8,9)10/h14H,11-13H2,1-10H3. The van der Waals surface area contributed by atoms with E-state index in [2.05, 4.69) is 67.0 Å². The summed E-state index contributed by atoms with van der Waals surface area (Å²) in [5, 5.41) is 0.450. The third-order valence-electron chi connectivity index (χ3n) is 3.38. The Labute approximate surface area is 137 Å². The van der Waals surface area contributed by atoms with E-state index in [-0.39, 0.29) is 7.02 Å². The molecule has 3 nitrogen and oxygen atoms in total. The van der Waals surface area contributed by atoms with E-state index in [1.54, 1.807) is 0 Å². The van der Waals surface area contributed by atoms with Gasteiger partial charge in [0, 0.05) is 25.1 Å². The van der Waals surface area contributed by atoms with Crippen molar-refractivity contribution in [2.45, 2.75) is 72.3 Å². The first-order chi connectivity index (χ1) is 9.46. The van der Waals surface area contributed by atoms with Gasteiger partial charge in [0.1, 0.15) is 0 Å². The van der Waals surface area contributed by atoms with E-state index in [4.69, 9.17) is 13.3 Å². The molecule has 0 aromatic carbocycles. The molecule has 0 spiro atoms. The van der Waals surface area contributed by atoms with Crippen LogP contribution in [-0.4, -0.2) is 49.4 Å². The molecular weight excluding hydrogens is 331 g/mol. The zero-order chi connectivity index (χ0) is 16.9. The minimum atomic E-state index is -2.58. The lowest BCUT2D eigenvalue weighted by atomic mass is 10.9. The fourth-order valence-corrected chi connectivity index (χ4v) is 52.8.